The van der Waals surface area contributed by atoms with E-state index in [0.29, 0.717) is 35.1 Å². The van der Waals surface area contributed by atoms with Crippen molar-refractivity contribution in [3.8, 4) is 17.1 Å². The maximum atomic E-state index is 12.3. The van der Waals surface area contributed by atoms with Crippen LogP contribution < -0.4 is 10.3 Å². The first kappa shape index (κ1) is 18.0. The molecule has 0 aliphatic rings. The molecule has 0 bridgehead atoms. The smallest absolute Gasteiger partial charge is 0.303 e. The van der Waals surface area contributed by atoms with Gasteiger partial charge >= 0.3 is 5.97 Å². The molecule has 7 nitrogen and oxygen atoms in total. The Kier molecular flexibility index (Phi) is 5.58. The van der Waals surface area contributed by atoms with Crippen LogP contribution in [0.15, 0.2) is 41.3 Å². The number of aromatic amines is 1. The summed E-state index contributed by atoms with van der Waals surface area (Å²) in [6.07, 6.45) is 3.98. The Morgan fingerprint density at radius 3 is 2.88 bits per heavy atom. The third kappa shape index (κ3) is 4.43. The number of carbonyl (C=O) groups is 1. The summed E-state index contributed by atoms with van der Waals surface area (Å²) in [5, 5.41) is 13.4. The molecule has 136 valence electrons. The van der Waals surface area contributed by atoms with Gasteiger partial charge in [0.15, 0.2) is 0 Å². The molecule has 0 fully saturated rings. The van der Waals surface area contributed by atoms with Crippen molar-refractivity contribution < 1.29 is 14.6 Å². The molecular formula is C18H18ClN3O4. The zero-order valence-electron chi connectivity index (χ0n) is 13.9. The zero-order chi connectivity index (χ0) is 18.5. The second-order valence-corrected chi connectivity index (χ2v) is 6.31. The minimum atomic E-state index is -0.791. The van der Waals surface area contributed by atoms with Crippen LogP contribution in [0.4, 0.5) is 0 Å². The topological polar surface area (TPSA) is 96.7 Å². The Hall–Kier alpha value is -2.80. The number of aliphatic carboxylic acids is 1. The normalized spacial score (nSPS) is 11.0. The number of hydrogen-bond donors (Lipinski definition) is 2. The highest BCUT2D eigenvalue weighted by Gasteiger charge is 2.09. The van der Waals surface area contributed by atoms with Gasteiger partial charge in [-0.3, -0.25) is 9.59 Å². The van der Waals surface area contributed by atoms with Gasteiger partial charge in [0.05, 0.1) is 18.5 Å². The van der Waals surface area contributed by atoms with Gasteiger partial charge in [0.25, 0.3) is 5.56 Å². The molecule has 0 saturated heterocycles. The van der Waals surface area contributed by atoms with E-state index in [9.17, 15) is 9.59 Å². The van der Waals surface area contributed by atoms with Gasteiger partial charge in [-0.2, -0.15) is 0 Å². The zero-order valence-corrected chi connectivity index (χ0v) is 14.7. The first-order valence-corrected chi connectivity index (χ1v) is 8.64. The highest BCUT2D eigenvalue weighted by molar-refractivity contribution is 6.30. The number of nitrogens with zero attached hydrogens (tertiary/aromatic N) is 2. The Labute approximate surface area is 154 Å². The molecule has 3 rings (SSSR count). The number of halogens is 1. The van der Waals surface area contributed by atoms with Crippen LogP contribution in [-0.2, 0) is 4.79 Å². The molecule has 0 unspecified atom stereocenters. The van der Waals surface area contributed by atoms with Crippen molar-refractivity contribution >= 4 is 23.1 Å². The third-order valence-corrected chi connectivity index (χ3v) is 4.10. The lowest BCUT2D eigenvalue weighted by Gasteiger charge is -2.03. The van der Waals surface area contributed by atoms with Gasteiger partial charge in [-0.25, -0.2) is 4.52 Å². The van der Waals surface area contributed by atoms with Crippen molar-refractivity contribution in [2.24, 2.45) is 0 Å². The number of aromatic nitrogens is 3. The van der Waals surface area contributed by atoms with E-state index >= 15 is 0 Å². The number of fused-ring (bicyclic) bond motifs is 1. The van der Waals surface area contributed by atoms with Gasteiger partial charge in [0.1, 0.15) is 5.52 Å². The summed E-state index contributed by atoms with van der Waals surface area (Å²) in [7, 11) is 0. The summed E-state index contributed by atoms with van der Waals surface area (Å²) in [5.41, 5.74) is 1.50. The fraction of sp³-hybridized carbons (Fsp3) is 0.278. The van der Waals surface area contributed by atoms with Crippen LogP contribution in [0.2, 0.25) is 5.02 Å². The highest BCUT2D eigenvalue weighted by Crippen LogP contribution is 2.21. The average molecular weight is 376 g/mol. The van der Waals surface area contributed by atoms with Crippen LogP contribution in [-0.4, -0.2) is 32.3 Å². The van der Waals surface area contributed by atoms with Gasteiger partial charge in [0, 0.05) is 23.1 Å². The highest BCUT2D eigenvalue weighted by atomic mass is 35.5. The van der Waals surface area contributed by atoms with Gasteiger partial charge in [-0.05, 0) is 31.4 Å². The summed E-state index contributed by atoms with van der Waals surface area (Å²) >= 11 is 6.00. The monoisotopic (exact) mass is 375 g/mol. The van der Waals surface area contributed by atoms with Crippen molar-refractivity contribution in [2.75, 3.05) is 6.61 Å². The predicted octanol–water partition coefficient (Wildman–Crippen LogP) is 3.37. The molecule has 0 aliphatic heterocycles. The Morgan fingerprint density at radius 1 is 1.27 bits per heavy atom. The van der Waals surface area contributed by atoms with E-state index in [-0.39, 0.29) is 12.0 Å². The number of rotatable bonds is 8. The standard InChI is InChI=1S/C18H18ClN3O4/c19-13-6-4-5-12(9-13)14-11-22-15(18(25)20-14)10-16(21-22)26-8-3-1-2-7-17(23)24/h4-6,9-11H,1-3,7-8H2,(H,20,25)(H,23,24). The first-order valence-electron chi connectivity index (χ1n) is 8.26. The van der Waals surface area contributed by atoms with Crippen LogP contribution in [0.25, 0.3) is 16.8 Å². The van der Waals surface area contributed by atoms with Crippen molar-refractivity contribution in [1.29, 1.82) is 0 Å². The number of carboxylic acids is 1. The van der Waals surface area contributed by atoms with Gasteiger partial charge in [0.2, 0.25) is 5.88 Å². The van der Waals surface area contributed by atoms with Gasteiger partial charge in [-0.15, -0.1) is 5.10 Å². The molecule has 0 radical (unpaired) electrons. The molecule has 8 heteroatoms. The number of benzene rings is 1. The lowest BCUT2D eigenvalue weighted by molar-refractivity contribution is -0.137. The fourth-order valence-corrected chi connectivity index (χ4v) is 2.78. The van der Waals surface area contributed by atoms with Gasteiger partial charge < -0.3 is 14.8 Å². The van der Waals surface area contributed by atoms with E-state index in [4.69, 9.17) is 21.4 Å². The molecule has 26 heavy (non-hydrogen) atoms. The largest absolute Gasteiger partial charge is 0.481 e. The Morgan fingerprint density at radius 2 is 2.12 bits per heavy atom. The molecule has 0 aliphatic carbocycles. The van der Waals surface area contributed by atoms with Crippen molar-refractivity contribution in [3.63, 3.8) is 0 Å². The van der Waals surface area contributed by atoms with E-state index in [1.165, 1.54) is 4.52 Å². The van der Waals surface area contributed by atoms with Crippen molar-refractivity contribution in [1.82, 2.24) is 14.6 Å². The minimum Gasteiger partial charge on any atom is -0.481 e. The summed E-state index contributed by atoms with van der Waals surface area (Å²) < 4.78 is 7.05. The molecule has 1 aromatic carbocycles. The minimum absolute atomic E-state index is 0.163. The van der Waals surface area contributed by atoms with E-state index in [1.807, 2.05) is 12.1 Å². The molecule has 0 spiro atoms. The number of H-pyrrole nitrogens is 1. The number of unbranched alkanes of at least 4 members (excludes halogenated alkanes) is 2. The number of hydrogen-bond acceptors (Lipinski definition) is 4. The number of carboxylic acid groups (broad SMARTS) is 1. The Balaban J connectivity index is 1.70. The fourth-order valence-electron chi connectivity index (χ4n) is 2.59. The predicted molar refractivity (Wildman–Crippen MR) is 97.9 cm³/mol. The van der Waals surface area contributed by atoms with Crippen LogP contribution >= 0.6 is 11.6 Å². The quantitative estimate of drug-likeness (QED) is 0.588. The van der Waals surface area contributed by atoms with E-state index in [1.54, 1.807) is 24.4 Å². The third-order valence-electron chi connectivity index (χ3n) is 3.87. The second kappa shape index (κ2) is 8.05. The summed E-state index contributed by atoms with van der Waals surface area (Å²) in [6, 6.07) is 8.76. The summed E-state index contributed by atoms with van der Waals surface area (Å²) in [4.78, 5) is 25.6. The average Bonchev–Trinajstić information content (AvgIpc) is 3.01. The summed E-state index contributed by atoms with van der Waals surface area (Å²) in [6.45, 7) is 0.419. The number of nitrogens with one attached hydrogen (secondary N) is 1. The SMILES string of the molecule is O=C(O)CCCCCOc1cc2c(=O)[nH]c(-c3cccc(Cl)c3)cn2n1. The van der Waals surface area contributed by atoms with Crippen LogP contribution in [0.3, 0.4) is 0 Å². The van der Waals surface area contributed by atoms with E-state index in [2.05, 4.69) is 10.1 Å². The molecule has 0 saturated carbocycles. The number of ether oxygens (including phenoxy) is 1. The van der Waals surface area contributed by atoms with Crippen molar-refractivity contribution in [2.45, 2.75) is 25.7 Å². The van der Waals surface area contributed by atoms with Crippen LogP contribution in [0, 0.1) is 0 Å². The maximum Gasteiger partial charge on any atom is 0.303 e. The molecule has 2 N–H and O–H groups in total. The van der Waals surface area contributed by atoms with Crippen LogP contribution in [0.5, 0.6) is 5.88 Å². The Bertz CT molecular complexity index is 980. The van der Waals surface area contributed by atoms with E-state index in [0.717, 1.165) is 18.4 Å². The molecule has 2 heterocycles. The molecule has 3 aromatic rings. The maximum absolute atomic E-state index is 12.3. The molecular weight excluding hydrogens is 358 g/mol. The molecule has 2 aromatic heterocycles. The molecule has 0 atom stereocenters. The first-order chi connectivity index (χ1) is 12.5. The lowest BCUT2D eigenvalue weighted by Crippen LogP contribution is -2.10. The van der Waals surface area contributed by atoms with Crippen molar-refractivity contribution in [3.05, 3.63) is 51.9 Å². The van der Waals surface area contributed by atoms with Crippen LogP contribution in [0.1, 0.15) is 25.7 Å². The van der Waals surface area contributed by atoms with Gasteiger partial charge in [-0.1, -0.05) is 23.7 Å². The second-order valence-electron chi connectivity index (χ2n) is 5.87. The molecule has 0 amide bonds. The van der Waals surface area contributed by atoms with E-state index < -0.39 is 5.97 Å². The lowest BCUT2D eigenvalue weighted by atomic mass is 10.2. The summed E-state index contributed by atoms with van der Waals surface area (Å²) in [5.74, 6) is -0.432.